The van der Waals surface area contributed by atoms with Crippen molar-refractivity contribution in [1.29, 1.82) is 0 Å². The summed E-state index contributed by atoms with van der Waals surface area (Å²) in [4.78, 5) is 17.6. The van der Waals surface area contributed by atoms with E-state index in [9.17, 15) is 13.2 Å². The number of fused-ring (bicyclic) bond motifs is 1. The number of aryl methyl sites for hydroxylation is 2. The van der Waals surface area contributed by atoms with E-state index in [1.165, 1.54) is 13.1 Å². The molecule has 4 aromatic rings. The summed E-state index contributed by atoms with van der Waals surface area (Å²) in [5.74, 6) is 0.477. The first-order valence-electron chi connectivity index (χ1n) is 9.70. The molecular weight excluding hydrogens is 412 g/mol. The Morgan fingerprint density at radius 2 is 1.71 bits per heavy atom. The van der Waals surface area contributed by atoms with Crippen LogP contribution < -0.4 is 10.0 Å². The lowest BCUT2D eigenvalue weighted by Crippen LogP contribution is -2.20. The van der Waals surface area contributed by atoms with Gasteiger partial charge in [0.15, 0.2) is 0 Å². The van der Waals surface area contributed by atoms with Crippen molar-refractivity contribution in [2.45, 2.75) is 18.7 Å². The van der Waals surface area contributed by atoms with Crippen LogP contribution in [0.1, 0.15) is 21.7 Å². The molecule has 0 aliphatic rings. The molecule has 1 heterocycles. The number of sulfonamides is 1. The summed E-state index contributed by atoms with van der Waals surface area (Å²) in [6.45, 7) is 3.62. The van der Waals surface area contributed by atoms with Gasteiger partial charge < -0.3 is 5.32 Å². The first-order chi connectivity index (χ1) is 14.8. The molecule has 0 saturated carbocycles. The molecule has 1 amide bonds. The Kier molecular flexibility index (Phi) is 5.34. The largest absolute Gasteiger partial charge is 0.322 e. The minimum atomic E-state index is -3.62. The number of nitrogens with zero attached hydrogens (tertiary/aromatic N) is 2. The molecule has 4 rings (SSSR count). The highest BCUT2D eigenvalue weighted by Crippen LogP contribution is 2.24. The topological polar surface area (TPSA) is 93.1 Å². The number of carbonyl (C=O) groups is 1. The summed E-state index contributed by atoms with van der Waals surface area (Å²) in [6.07, 6.45) is 0. The monoisotopic (exact) mass is 434 g/mol. The van der Waals surface area contributed by atoms with Crippen LogP contribution in [0, 0.1) is 13.8 Å². The van der Waals surface area contributed by atoms with Gasteiger partial charge in [0.25, 0.3) is 5.91 Å². The Balaban J connectivity index is 1.66. The Morgan fingerprint density at radius 1 is 0.968 bits per heavy atom. The van der Waals surface area contributed by atoms with E-state index in [0.29, 0.717) is 22.3 Å². The van der Waals surface area contributed by atoms with Crippen LogP contribution in [0.4, 0.5) is 5.69 Å². The molecule has 0 atom stereocenters. The lowest BCUT2D eigenvalue weighted by molar-refractivity contribution is 0.102. The predicted octanol–water partition coefficient (Wildman–Crippen LogP) is 3.80. The average Bonchev–Trinajstić information content (AvgIpc) is 3.10. The number of carbonyl (C=O) groups excluding carboxylic acids is 1. The number of hydrogen-bond acceptors (Lipinski definition) is 4. The van der Waals surface area contributed by atoms with E-state index >= 15 is 0 Å². The Hall–Kier alpha value is -3.49. The van der Waals surface area contributed by atoms with E-state index in [-0.39, 0.29) is 10.8 Å². The van der Waals surface area contributed by atoms with Crippen LogP contribution in [0.25, 0.3) is 16.7 Å². The molecule has 7 nitrogen and oxygen atoms in total. The average molecular weight is 435 g/mol. The highest BCUT2D eigenvalue weighted by molar-refractivity contribution is 7.89. The number of aromatic nitrogens is 2. The summed E-state index contributed by atoms with van der Waals surface area (Å²) in [6, 6.07) is 20.0. The standard InChI is InChI=1S/C23H22N4O3S/c1-15-9-11-18(14-22(15)31(29,30)24-3)26-23(28)17-10-12-21-20(13-17)25-16(2)27(21)19-7-5-4-6-8-19/h4-14,24H,1-3H3,(H,26,28). The molecule has 8 heteroatoms. The van der Waals surface area contributed by atoms with Crippen molar-refractivity contribution in [3.05, 3.63) is 83.7 Å². The molecular formula is C23H22N4O3S. The van der Waals surface area contributed by atoms with Gasteiger partial charge in [-0.05, 0) is 68.9 Å². The van der Waals surface area contributed by atoms with Crippen LogP contribution in [-0.4, -0.2) is 30.9 Å². The van der Waals surface area contributed by atoms with Gasteiger partial charge in [-0.15, -0.1) is 0 Å². The highest BCUT2D eigenvalue weighted by atomic mass is 32.2. The third-order valence-electron chi connectivity index (χ3n) is 5.10. The second-order valence-corrected chi connectivity index (χ2v) is 9.03. The zero-order valence-electron chi connectivity index (χ0n) is 17.4. The lowest BCUT2D eigenvalue weighted by atomic mass is 10.1. The number of anilines is 1. The van der Waals surface area contributed by atoms with E-state index in [1.807, 2.05) is 47.9 Å². The molecule has 0 unspecified atom stereocenters. The minimum absolute atomic E-state index is 0.125. The number of nitrogens with one attached hydrogen (secondary N) is 2. The Bertz CT molecular complexity index is 1390. The van der Waals surface area contributed by atoms with Crippen molar-refractivity contribution >= 4 is 32.7 Å². The SMILES string of the molecule is CNS(=O)(=O)c1cc(NC(=O)c2ccc3c(c2)nc(C)n3-c2ccccc2)ccc1C. The van der Waals surface area contributed by atoms with Crippen molar-refractivity contribution in [3.63, 3.8) is 0 Å². The molecule has 3 aromatic carbocycles. The quantitative estimate of drug-likeness (QED) is 0.500. The number of amides is 1. The van der Waals surface area contributed by atoms with Crippen molar-refractivity contribution in [2.24, 2.45) is 0 Å². The number of benzene rings is 3. The van der Waals surface area contributed by atoms with E-state index < -0.39 is 10.0 Å². The van der Waals surface area contributed by atoms with Gasteiger partial charge in [-0.1, -0.05) is 24.3 Å². The third kappa shape index (κ3) is 3.95. The Labute approximate surface area is 180 Å². The van der Waals surface area contributed by atoms with Gasteiger partial charge in [0, 0.05) is 16.9 Å². The second kappa shape index (κ2) is 7.98. The molecule has 0 saturated heterocycles. The normalized spacial score (nSPS) is 11.6. The van der Waals surface area contributed by atoms with Crippen LogP contribution in [-0.2, 0) is 10.0 Å². The molecule has 1 aromatic heterocycles. The van der Waals surface area contributed by atoms with E-state index in [1.54, 1.807) is 31.2 Å². The summed E-state index contributed by atoms with van der Waals surface area (Å²) in [5, 5.41) is 2.77. The van der Waals surface area contributed by atoms with Gasteiger partial charge >= 0.3 is 0 Å². The van der Waals surface area contributed by atoms with Crippen LogP contribution in [0.3, 0.4) is 0 Å². The molecule has 0 aliphatic heterocycles. The molecule has 0 spiro atoms. The van der Waals surface area contributed by atoms with Crippen LogP contribution in [0.15, 0.2) is 71.6 Å². The number of hydrogen-bond donors (Lipinski definition) is 2. The van der Waals surface area contributed by atoms with E-state index in [2.05, 4.69) is 15.0 Å². The predicted molar refractivity (Wildman–Crippen MR) is 121 cm³/mol. The van der Waals surface area contributed by atoms with Gasteiger partial charge in [-0.25, -0.2) is 18.1 Å². The zero-order valence-corrected chi connectivity index (χ0v) is 18.2. The van der Waals surface area contributed by atoms with Gasteiger partial charge in [0.2, 0.25) is 10.0 Å². The van der Waals surface area contributed by atoms with Crippen LogP contribution >= 0.6 is 0 Å². The first-order valence-corrected chi connectivity index (χ1v) is 11.2. The van der Waals surface area contributed by atoms with Gasteiger partial charge in [0.05, 0.1) is 15.9 Å². The van der Waals surface area contributed by atoms with Crippen molar-refractivity contribution in [1.82, 2.24) is 14.3 Å². The molecule has 0 fully saturated rings. The summed E-state index contributed by atoms with van der Waals surface area (Å²) >= 11 is 0. The van der Waals surface area contributed by atoms with Crippen molar-refractivity contribution in [3.8, 4) is 5.69 Å². The summed E-state index contributed by atoms with van der Waals surface area (Å²) in [5.41, 5.74) is 4.03. The van der Waals surface area contributed by atoms with E-state index in [4.69, 9.17) is 0 Å². The molecule has 0 radical (unpaired) electrons. The van der Waals surface area contributed by atoms with Gasteiger partial charge in [-0.3, -0.25) is 9.36 Å². The summed E-state index contributed by atoms with van der Waals surface area (Å²) < 4.78 is 28.7. The van der Waals surface area contributed by atoms with Gasteiger partial charge in [0.1, 0.15) is 5.82 Å². The maximum atomic E-state index is 12.8. The van der Waals surface area contributed by atoms with E-state index in [0.717, 1.165) is 17.0 Å². The number of imidazole rings is 1. The van der Waals surface area contributed by atoms with Crippen LogP contribution in [0.2, 0.25) is 0 Å². The fourth-order valence-electron chi connectivity index (χ4n) is 3.53. The second-order valence-electron chi connectivity index (χ2n) is 7.18. The molecule has 31 heavy (non-hydrogen) atoms. The highest BCUT2D eigenvalue weighted by Gasteiger charge is 2.17. The maximum absolute atomic E-state index is 12.8. The van der Waals surface area contributed by atoms with Gasteiger partial charge in [-0.2, -0.15) is 0 Å². The zero-order chi connectivity index (χ0) is 22.2. The minimum Gasteiger partial charge on any atom is -0.322 e. The maximum Gasteiger partial charge on any atom is 0.255 e. The van der Waals surface area contributed by atoms with Crippen molar-refractivity contribution in [2.75, 3.05) is 12.4 Å². The molecule has 158 valence electrons. The molecule has 0 aliphatic carbocycles. The van der Waals surface area contributed by atoms with Crippen LogP contribution in [0.5, 0.6) is 0 Å². The Morgan fingerprint density at radius 3 is 2.42 bits per heavy atom. The number of para-hydroxylation sites is 1. The molecule has 0 bridgehead atoms. The number of rotatable bonds is 5. The van der Waals surface area contributed by atoms with Crippen molar-refractivity contribution < 1.29 is 13.2 Å². The third-order valence-corrected chi connectivity index (χ3v) is 6.66. The lowest BCUT2D eigenvalue weighted by Gasteiger charge is -2.11. The smallest absolute Gasteiger partial charge is 0.255 e. The molecule has 2 N–H and O–H groups in total. The fourth-order valence-corrected chi connectivity index (χ4v) is 4.52. The first kappa shape index (κ1) is 20.8. The fraction of sp³-hybridized carbons (Fsp3) is 0.130. The summed E-state index contributed by atoms with van der Waals surface area (Å²) in [7, 11) is -2.27.